The van der Waals surface area contributed by atoms with Crippen LogP contribution in [0.2, 0.25) is 0 Å². The van der Waals surface area contributed by atoms with Crippen molar-refractivity contribution in [2.75, 3.05) is 6.61 Å². The van der Waals surface area contributed by atoms with Crippen molar-refractivity contribution in [3.05, 3.63) is 22.5 Å². The molecule has 0 aliphatic heterocycles. The summed E-state index contributed by atoms with van der Waals surface area (Å²) >= 11 is 0. The van der Waals surface area contributed by atoms with E-state index >= 15 is 0 Å². The van der Waals surface area contributed by atoms with Gasteiger partial charge in [0, 0.05) is 24.0 Å². The maximum atomic E-state index is 11.9. The first kappa shape index (κ1) is 18.1. The molecule has 1 aliphatic carbocycles. The minimum atomic E-state index is -0.220. The van der Waals surface area contributed by atoms with E-state index in [0.717, 1.165) is 23.5 Å². The predicted molar refractivity (Wildman–Crippen MR) is 87.2 cm³/mol. The molecule has 120 valence electrons. The Kier molecular flexibility index (Phi) is 7.26. The van der Waals surface area contributed by atoms with Crippen LogP contribution in [-0.4, -0.2) is 23.6 Å². The van der Waals surface area contributed by atoms with Crippen molar-refractivity contribution in [2.45, 2.75) is 65.5 Å². The van der Waals surface area contributed by atoms with E-state index in [9.17, 15) is 4.79 Å². The van der Waals surface area contributed by atoms with Gasteiger partial charge in [0.05, 0.1) is 12.2 Å². The lowest BCUT2D eigenvalue weighted by molar-refractivity contribution is 0.0525. The third-order valence-corrected chi connectivity index (χ3v) is 4.19. The summed E-state index contributed by atoms with van der Waals surface area (Å²) < 4.78 is 5.12. The van der Waals surface area contributed by atoms with Crippen LogP contribution >= 0.6 is 12.4 Å². The van der Waals surface area contributed by atoms with Crippen molar-refractivity contribution in [3.63, 3.8) is 0 Å². The molecule has 0 unspecified atom stereocenters. The van der Waals surface area contributed by atoms with Gasteiger partial charge >= 0.3 is 5.97 Å². The fraction of sp³-hybridized carbons (Fsp3) is 0.688. The molecule has 0 aromatic carbocycles. The van der Waals surface area contributed by atoms with Crippen molar-refractivity contribution in [1.82, 2.24) is 10.3 Å². The van der Waals surface area contributed by atoms with Crippen molar-refractivity contribution >= 4 is 18.4 Å². The predicted octanol–water partition coefficient (Wildman–Crippen LogP) is 3.65. The lowest BCUT2D eigenvalue weighted by Crippen LogP contribution is -2.30. The molecular formula is C16H27ClN2O2. The zero-order valence-electron chi connectivity index (χ0n) is 13.3. The van der Waals surface area contributed by atoms with Gasteiger partial charge in [-0.05, 0) is 39.2 Å². The zero-order chi connectivity index (χ0) is 14.5. The highest BCUT2D eigenvalue weighted by atomic mass is 35.5. The van der Waals surface area contributed by atoms with E-state index in [2.05, 4.69) is 10.3 Å². The Balaban J connectivity index is 0.00000220. The van der Waals surface area contributed by atoms with Gasteiger partial charge in [-0.15, -0.1) is 12.4 Å². The monoisotopic (exact) mass is 314 g/mol. The first-order chi connectivity index (χ1) is 9.63. The standard InChI is InChI=1S/C16H26N2O2.ClH/c1-4-20-16(19)15-11(2)14(18-12(15)3)10-17-13-8-6-5-7-9-13;/h13,17-18H,4-10H2,1-3H3;1H. The summed E-state index contributed by atoms with van der Waals surface area (Å²) in [6, 6.07) is 0.623. The summed E-state index contributed by atoms with van der Waals surface area (Å²) in [5, 5.41) is 3.61. The van der Waals surface area contributed by atoms with E-state index < -0.39 is 0 Å². The fourth-order valence-corrected chi connectivity index (χ4v) is 3.05. The second-order valence-electron chi connectivity index (χ2n) is 5.66. The van der Waals surface area contributed by atoms with Crippen LogP contribution < -0.4 is 5.32 Å². The van der Waals surface area contributed by atoms with E-state index in [0.29, 0.717) is 18.2 Å². The third-order valence-electron chi connectivity index (χ3n) is 4.19. The Hall–Kier alpha value is -1.00. The van der Waals surface area contributed by atoms with Gasteiger partial charge in [0.2, 0.25) is 0 Å². The average molecular weight is 315 g/mol. The number of nitrogens with one attached hydrogen (secondary N) is 2. The number of H-pyrrole nitrogens is 1. The molecule has 1 saturated carbocycles. The molecule has 0 spiro atoms. The van der Waals surface area contributed by atoms with Crippen molar-refractivity contribution in [1.29, 1.82) is 0 Å². The van der Waals surface area contributed by atoms with Gasteiger partial charge in [-0.2, -0.15) is 0 Å². The van der Waals surface area contributed by atoms with Gasteiger partial charge in [-0.1, -0.05) is 19.3 Å². The van der Waals surface area contributed by atoms with Gasteiger partial charge in [0.1, 0.15) is 0 Å². The minimum Gasteiger partial charge on any atom is -0.462 e. The second-order valence-corrected chi connectivity index (χ2v) is 5.66. The summed E-state index contributed by atoms with van der Waals surface area (Å²) in [6.45, 7) is 6.98. The van der Waals surface area contributed by atoms with E-state index in [1.165, 1.54) is 32.1 Å². The number of rotatable bonds is 5. The SMILES string of the molecule is CCOC(=O)c1c(C)[nH]c(CNC2CCCCC2)c1C.Cl. The highest BCUT2D eigenvalue weighted by Crippen LogP contribution is 2.21. The number of carbonyl (C=O) groups excluding carboxylic acids is 1. The fourth-order valence-electron chi connectivity index (χ4n) is 3.05. The van der Waals surface area contributed by atoms with Crippen LogP contribution in [0.15, 0.2) is 0 Å². The van der Waals surface area contributed by atoms with E-state index in [1.807, 2.05) is 20.8 Å². The normalized spacial score (nSPS) is 15.6. The highest BCUT2D eigenvalue weighted by Gasteiger charge is 2.20. The smallest absolute Gasteiger partial charge is 0.340 e. The molecule has 4 nitrogen and oxygen atoms in total. The number of halogens is 1. The Morgan fingerprint density at radius 1 is 1.29 bits per heavy atom. The molecule has 1 heterocycles. The molecule has 1 aromatic rings. The van der Waals surface area contributed by atoms with Crippen LogP contribution in [0.3, 0.4) is 0 Å². The number of carbonyl (C=O) groups is 1. The maximum Gasteiger partial charge on any atom is 0.340 e. The summed E-state index contributed by atoms with van der Waals surface area (Å²) in [5.74, 6) is -0.220. The van der Waals surface area contributed by atoms with Crippen LogP contribution in [0.25, 0.3) is 0 Å². The van der Waals surface area contributed by atoms with Crippen LogP contribution in [-0.2, 0) is 11.3 Å². The van der Waals surface area contributed by atoms with E-state index in [1.54, 1.807) is 0 Å². The van der Waals surface area contributed by atoms with Gasteiger partial charge < -0.3 is 15.0 Å². The maximum absolute atomic E-state index is 11.9. The Morgan fingerprint density at radius 2 is 1.95 bits per heavy atom. The zero-order valence-corrected chi connectivity index (χ0v) is 14.1. The molecule has 0 amide bonds. The third kappa shape index (κ3) is 4.48. The average Bonchev–Trinajstić information content (AvgIpc) is 2.72. The Bertz CT molecular complexity index is 465. The molecule has 2 N–H and O–H groups in total. The molecule has 0 saturated heterocycles. The van der Waals surface area contributed by atoms with Gasteiger partial charge in [0.15, 0.2) is 0 Å². The summed E-state index contributed by atoms with van der Waals surface area (Å²) in [6.07, 6.45) is 6.56. The van der Waals surface area contributed by atoms with Crippen LogP contribution in [0.4, 0.5) is 0 Å². The summed E-state index contributed by atoms with van der Waals surface area (Å²) in [7, 11) is 0. The lowest BCUT2D eigenvalue weighted by atomic mass is 9.95. The molecule has 2 rings (SSSR count). The van der Waals surface area contributed by atoms with Crippen molar-refractivity contribution in [3.8, 4) is 0 Å². The summed E-state index contributed by atoms with van der Waals surface area (Å²) in [5.41, 5.74) is 3.73. The topological polar surface area (TPSA) is 54.1 Å². The molecule has 0 radical (unpaired) electrons. The number of aromatic nitrogens is 1. The summed E-state index contributed by atoms with van der Waals surface area (Å²) in [4.78, 5) is 15.3. The Morgan fingerprint density at radius 3 is 2.57 bits per heavy atom. The van der Waals surface area contributed by atoms with E-state index in [-0.39, 0.29) is 18.4 Å². The molecule has 1 aliphatic rings. The molecular weight excluding hydrogens is 288 g/mol. The molecule has 1 fully saturated rings. The molecule has 0 atom stereocenters. The number of hydrogen-bond donors (Lipinski definition) is 2. The molecule has 21 heavy (non-hydrogen) atoms. The largest absolute Gasteiger partial charge is 0.462 e. The van der Waals surface area contributed by atoms with Crippen molar-refractivity contribution < 1.29 is 9.53 Å². The van der Waals surface area contributed by atoms with Crippen LogP contribution in [0.5, 0.6) is 0 Å². The number of aryl methyl sites for hydroxylation is 1. The molecule has 0 bridgehead atoms. The molecule has 5 heteroatoms. The van der Waals surface area contributed by atoms with Crippen molar-refractivity contribution in [2.24, 2.45) is 0 Å². The van der Waals surface area contributed by atoms with Gasteiger partial charge in [-0.25, -0.2) is 4.79 Å². The van der Waals surface area contributed by atoms with Gasteiger partial charge in [-0.3, -0.25) is 0 Å². The van der Waals surface area contributed by atoms with Crippen LogP contribution in [0, 0.1) is 13.8 Å². The number of aromatic amines is 1. The second kappa shape index (κ2) is 8.44. The lowest BCUT2D eigenvalue weighted by Gasteiger charge is -2.22. The van der Waals surface area contributed by atoms with Crippen LogP contribution in [0.1, 0.15) is 66.3 Å². The first-order valence-corrected chi connectivity index (χ1v) is 7.72. The number of hydrogen-bond acceptors (Lipinski definition) is 3. The highest BCUT2D eigenvalue weighted by molar-refractivity contribution is 5.92. The first-order valence-electron chi connectivity index (χ1n) is 7.72. The Labute approximate surface area is 133 Å². The quantitative estimate of drug-likeness (QED) is 0.816. The minimum absolute atomic E-state index is 0. The number of ether oxygens (including phenoxy) is 1. The van der Waals surface area contributed by atoms with Gasteiger partial charge in [0.25, 0.3) is 0 Å². The number of esters is 1. The van der Waals surface area contributed by atoms with E-state index in [4.69, 9.17) is 4.74 Å². The molecule has 1 aromatic heterocycles.